The Morgan fingerprint density at radius 1 is 0.933 bits per heavy atom. The average Bonchev–Trinajstić information content (AvgIpc) is 3.21. The molecule has 2 aliphatic heterocycles. The number of nitrogens with zero attached hydrogens (tertiary/aromatic N) is 3. The van der Waals surface area contributed by atoms with Gasteiger partial charge in [-0.15, -0.1) is 0 Å². The van der Waals surface area contributed by atoms with Crippen molar-refractivity contribution < 1.29 is 14.7 Å². The van der Waals surface area contributed by atoms with Crippen LogP contribution in [-0.4, -0.2) is 71.0 Å². The molecule has 4 atom stereocenters. The van der Waals surface area contributed by atoms with Crippen molar-refractivity contribution in [1.29, 1.82) is 0 Å². The van der Waals surface area contributed by atoms with Crippen molar-refractivity contribution in [2.75, 3.05) is 26.2 Å². The number of carbonyl (C=O) groups excluding carboxylic acids is 1. The highest BCUT2D eigenvalue weighted by Crippen LogP contribution is 2.60. The molecule has 9 nitrogen and oxygen atoms in total. The Morgan fingerprint density at radius 2 is 1.53 bits per heavy atom. The number of hydroxylamine groups is 2. The maximum absolute atomic E-state index is 13.6. The van der Waals surface area contributed by atoms with Gasteiger partial charge in [0, 0.05) is 43.6 Å². The van der Waals surface area contributed by atoms with Crippen LogP contribution in [0, 0.1) is 33.3 Å². The Hall–Kier alpha value is -1.29. The van der Waals surface area contributed by atoms with Gasteiger partial charge in [-0.25, -0.2) is 4.94 Å². The second-order valence-corrected chi connectivity index (χ2v) is 10.9. The smallest absolute Gasteiger partial charge is 0.232 e. The number of nitro groups is 1. The third-order valence-corrected chi connectivity index (χ3v) is 9.20. The van der Waals surface area contributed by atoms with Gasteiger partial charge in [0.25, 0.3) is 0 Å². The fraction of sp³-hybridized carbons (Fsp3) is 0.952. The van der Waals surface area contributed by atoms with Gasteiger partial charge in [-0.2, -0.15) is 11.0 Å². The highest BCUT2D eigenvalue weighted by Gasteiger charge is 2.56. The van der Waals surface area contributed by atoms with Crippen molar-refractivity contribution in [3.63, 3.8) is 0 Å². The predicted molar refractivity (Wildman–Crippen MR) is 107 cm³/mol. The summed E-state index contributed by atoms with van der Waals surface area (Å²) in [4.78, 5) is 34.6. The summed E-state index contributed by atoms with van der Waals surface area (Å²) >= 11 is 0. The van der Waals surface area contributed by atoms with E-state index in [2.05, 4.69) is 20.8 Å². The molecule has 0 spiro atoms. The monoisotopic (exact) mass is 419 g/mol. The Kier molecular flexibility index (Phi) is 4.60. The van der Waals surface area contributed by atoms with Crippen LogP contribution in [0.15, 0.2) is 0 Å². The molecule has 4 bridgehead atoms. The third-order valence-electron chi connectivity index (χ3n) is 9.20. The maximum atomic E-state index is 13.6. The molecule has 0 radical (unpaired) electrons. The zero-order chi connectivity index (χ0) is 20.5. The van der Waals surface area contributed by atoms with E-state index < -0.39 is 6.04 Å². The van der Waals surface area contributed by atoms with Gasteiger partial charge in [0.15, 0.2) is 0 Å². The van der Waals surface area contributed by atoms with Crippen LogP contribution >= 0.6 is 0 Å². The second-order valence-electron chi connectivity index (χ2n) is 10.9. The van der Waals surface area contributed by atoms with E-state index in [0.29, 0.717) is 12.3 Å². The summed E-state index contributed by atoms with van der Waals surface area (Å²) in [6.07, 6.45) is 8.80. The lowest BCUT2D eigenvalue weighted by molar-refractivity contribution is -0.531. The molecule has 0 aromatic rings. The fourth-order valence-corrected chi connectivity index (χ4v) is 8.26. The van der Waals surface area contributed by atoms with Gasteiger partial charge in [-0.05, 0) is 62.7 Å². The minimum absolute atomic E-state index is 0.0590. The normalized spacial score (nSPS) is 48.0. The number of rotatable bonds is 3. The zero-order valence-corrected chi connectivity index (χ0v) is 17.5. The molecule has 2 N–H and O–H groups in total. The van der Waals surface area contributed by atoms with Gasteiger partial charge in [0.1, 0.15) is 6.04 Å². The van der Waals surface area contributed by atoms with Crippen LogP contribution in [0.3, 0.4) is 0 Å². The number of fused-ring (bicyclic) bond motifs is 1. The summed E-state index contributed by atoms with van der Waals surface area (Å²) in [5.41, 5.74) is 5.73. The summed E-state index contributed by atoms with van der Waals surface area (Å²) in [5, 5.41) is 11.4. The van der Waals surface area contributed by atoms with E-state index in [1.807, 2.05) is 0 Å². The largest absolute Gasteiger partial charge is 0.340 e. The SMILES string of the molecule is O=C(N1CCN(C2CCC([N+](=O)[O-])C3NONC32)CC1)C12CC3CC(CC(C3)C1)C2. The van der Waals surface area contributed by atoms with E-state index in [9.17, 15) is 14.9 Å². The predicted octanol–water partition coefficient (Wildman–Crippen LogP) is 0.931. The van der Waals surface area contributed by atoms with Crippen LogP contribution in [0.25, 0.3) is 0 Å². The average molecular weight is 420 g/mol. The molecular formula is C21H33N5O4. The quantitative estimate of drug-likeness (QED) is 0.519. The lowest BCUT2D eigenvalue weighted by Gasteiger charge is -2.57. The van der Waals surface area contributed by atoms with Gasteiger partial charge in [-0.3, -0.25) is 19.8 Å². The van der Waals surface area contributed by atoms with Gasteiger partial charge >= 0.3 is 0 Å². The van der Waals surface area contributed by atoms with Crippen molar-refractivity contribution in [2.45, 2.75) is 75.5 Å². The summed E-state index contributed by atoms with van der Waals surface area (Å²) in [5.74, 6) is 2.80. The third kappa shape index (κ3) is 3.00. The molecule has 0 aromatic carbocycles. The van der Waals surface area contributed by atoms with Crippen LogP contribution in [0.5, 0.6) is 0 Å². The van der Waals surface area contributed by atoms with Crippen LogP contribution in [0.4, 0.5) is 0 Å². The summed E-state index contributed by atoms with van der Waals surface area (Å²) < 4.78 is 0. The molecule has 2 saturated heterocycles. The van der Waals surface area contributed by atoms with E-state index in [0.717, 1.165) is 69.6 Å². The first kappa shape index (κ1) is 19.4. The highest BCUT2D eigenvalue weighted by atomic mass is 16.8. The minimum Gasteiger partial charge on any atom is -0.340 e. The van der Waals surface area contributed by atoms with Crippen LogP contribution in [-0.2, 0) is 9.73 Å². The first-order chi connectivity index (χ1) is 14.5. The van der Waals surface area contributed by atoms with Crippen molar-refractivity contribution >= 4 is 5.91 Å². The molecule has 7 aliphatic rings. The number of amides is 1. The van der Waals surface area contributed by atoms with Gasteiger partial charge in [0.05, 0.1) is 11.5 Å². The molecular weight excluding hydrogens is 386 g/mol. The van der Waals surface area contributed by atoms with E-state index >= 15 is 0 Å². The van der Waals surface area contributed by atoms with E-state index in [4.69, 9.17) is 4.94 Å². The second kappa shape index (κ2) is 7.12. The maximum Gasteiger partial charge on any atom is 0.232 e. The van der Waals surface area contributed by atoms with Gasteiger partial charge in [-0.1, -0.05) is 0 Å². The van der Waals surface area contributed by atoms with Crippen LogP contribution in [0.2, 0.25) is 0 Å². The van der Waals surface area contributed by atoms with E-state index in [1.54, 1.807) is 0 Å². The molecule has 7 fully saturated rings. The molecule has 7 rings (SSSR count). The Bertz CT molecular complexity index is 689. The number of carbonyl (C=O) groups is 1. The van der Waals surface area contributed by atoms with E-state index in [-0.39, 0.29) is 28.5 Å². The lowest BCUT2D eigenvalue weighted by atomic mass is 9.49. The number of hydrogen-bond donors (Lipinski definition) is 2. The molecule has 4 unspecified atom stereocenters. The number of piperazine rings is 1. The Morgan fingerprint density at radius 3 is 2.13 bits per heavy atom. The Balaban J connectivity index is 1.10. The van der Waals surface area contributed by atoms with Crippen molar-refractivity contribution in [2.24, 2.45) is 23.2 Å². The number of hydrogen-bond acceptors (Lipinski definition) is 7. The van der Waals surface area contributed by atoms with E-state index in [1.165, 1.54) is 19.3 Å². The summed E-state index contributed by atoms with van der Waals surface area (Å²) in [6, 6.07) is -0.789. The lowest BCUT2D eigenvalue weighted by Crippen LogP contribution is -2.64. The van der Waals surface area contributed by atoms with Crippen LogP contribution in [0.1, 0.15) is 51.4 Å². The standard InChI is InChI=1S/C21H33N5O4/c27-20(21-10-13-7-14(11-21)9-15(8-13)12-21)25-5-3-24(4-6-25)16-1-2-17(26(28)29)19-18(16)22-30-23-19/h13-19,22-23H,1-12H2. The molecule has 166 valence electrons. The summed E-state index contributed by atoms with van der Waals surface area (Å²) in [7, 11) is 0. The fourth-order valence-electron chi connectivity index (χ4n) is 8.26. The Labute approximate surface area is 176 Å². The first-order valence-electron chi connectivity index (χ1n) is 11.9. The molecule has 9 heteroatoms. The molecule has 5 aliphatic carbocycles. The zero-order valence-electron chi connectivity index (χ0n) is 17.5. The highest BCUT2D eigenvalue weighted by molar-refractivity contribution is 5.83. The van der Waals surface area contributed by atoms with Crippen LogP contribution < -0.4 is 11.0 Å². The molecule has 5 saturated carbocycles. The first-order valence-corrected chi connectivity index (χ1v) is 11.9. The molecule has 1 amide bonds. The minimum atomic E-state index is -0.611. The van der Waals surface area contributed by atoms with Crippen molar-refractivity contribution in [3.8, 4) is 0 Å². The molecule has 2 heterocycles. The number of nitrogens with one attached hydrogen (secondary N) is 2. The van der Waals surface area contributed by atoms with Gasteiger partial charge in [0.2, 0.25) is 11.9 Å². The van der Waals surface area contributed by atoms with Crippen molar-refractivity contribution in [1.82, 2.24) is 20.8 Å². The topological polar surface area (TPSA) is 100.0 Å². The van der Waals surface area contributed by atoms with Gasteiger partial charge < -0.3 is 4.90 Å². The van der Waals surface area contributed by atoms with Crippen molar-refractivity contribution in [3.05, 3.63) is 10.1 Å². The molecule has 30 heavy (non-hydrogen) atoms. The molecule has 0 aromatic heterocycles. The summed E-state index contributed by atoms with van der Waals surface area (Å²) in [6.45, 7) is 3.25.